The van der Waals surface area contributed by atoms with Gasteiger partial charge >= 0.3 is 0 Å². The molecule has 0 aliphatic heterocycles. The molecule has 0 saturated heterocycles. The molecule has 0 bridgehead atoms. The molecule has 3 N–H and O–H groups in total. The van der Waals surface area contributed by atoms with Gasteiger partial charge in [0.25, 0.3) is 0 Å². The number of hydrogen-bond acceptors (Lipinski definition) is 1. The maximum absolute atomic E-state index is 10.3. The largest absolute Gasteiger partial charge is 0.369 e. The van der Waals surface area contributed by atoms with Gasteiger partial charge in [-0.3, -0.25) is 4.79 Å². The summed E-state index contributed by atoms with van der Waals surface area (Å²) in [4.78, 5) is 13.1. The summed E-state index contributed by atoms with van der Waals surface area (Å²) in [6.45, 7) is 0. The predicted molar refractivity (Wildman–Crippen MR) is 38.7 cm³/mol. The van der Waals surface area contributed by atoms with Gasteiger partial charge in [-0.15, -0.1) is 0 Å². The van der Waals surface area contributed by atoms with Crippen LogP contribution in [-0.2, 0) is 11.2 Å². The number of aromatic nitrogens is 1. The van der Waals surface area contributed by atoms with E-state index in [1.807, 2.05) is 0 Å². The van der Waals surface area contributed by atoms with Crippen molar-refractivity contribution in [3.8, 4) is 0 Å². The van der Waals surface area contributed by atoms with E-state index in [0.29, 0.717) is 5.02 Å². The molecule has 54 valence electrons. The third-order valence-electron chi connectivity index (χ3n) is 1.07. The van der Waals surface area contributed by atoms with Crippen molar-refractivity contribution in [3.63, 3.8) is 0 Å². The van der Waals surface area contributed by atoms with Crippen LogP contribution in [0.25, 0.3) is 0 Å². The maximum Gasteiger partial charge on any atom is 0.223 e. The lowest BCUT2D eigenvalue weighted by atomic mass is 10.3. The van der Waals surface area contributed by atoms with Crippen molar-refractivity contribution in [2.45, 2.75) is 6.42 Å². The molecule has 0 aliphatic carbocycles. The minimum Gasteiger partial charge on any atom is -0.369 e. The summed E-state index contributed by atoms with van der Waals surface area (Å²) in [5.41, 5.74) is 5.68. The summed E-state index contributed by atoms with van der Waals surface area (Å²) in [6, 6.07) is 1.67. The molecule has 1 heterocycles. The lowest BCUT2D eigenvalue weighted by Crippen LogP contribution is -2.13. The van der Waals surface area contributed by atoms with Crippen LogP contribution in [0.5, 0.6) is 0 Å². The third-order valence-corrected chi connectivity index (χ3v) is 1.29. The zero-order valence-electron chi connectivity index (χ0n) is 5.23. The molecule has 0 atom stereocenters. The standard InChI is InChI=1S/C6H7ClN2O/c7-4-1-5(9-3-4)2-6(8)10/h1,3,9H,2H2,(H2,8,10). The molecule has 1 amide bonds. The molecule has 1 aromatic rings. The second-order valence-electron chi connectivity index (χ2n) is 1.99. The van der Waals surface area contributed by atoms with Gasteiger partial charge in [0.2, 0.25) is 5.91 Å². The zero-order chi connectivity index (χ0) is 7.56. The van der Waals surface area contributed by atoms with E-state index < -0.39 is 0 Å². The number of rotatable bonds is 2. The number of aromatic amines is 1. The van der Waals surface area contributed by atoms with E-state index in [1.165, 1.54) is 0 Å². The van der Waals surface area contributed by atoms with Crippen molar-refractivity contribution in [1.82, 2.24) is 4.98 Å². The van der Waals surface area contributed by atoms with Gasteiger partial charge in [-0.2, -0.15) is 0 Å². The first-order valence-corrected chi connectivity index (χ1v) is 3.17. The summed E-state index contributed by atoms with van der Waals surface area (Å²) in [5.74, 6) is -0.362. The van der Waals surface area contributed by atoms with Crippen LogP contribution in [0, 0.1) is 0 Å². The van der Waals surface area contributed by atoms with Gasteiger partial charge < -0.3 is 10.7 Å². The number of carbonyl (C=O) groups excluding carboxylic acids is 1. The van der Waals surface area contributed by atoms with E-state index in [1.54, 1.807) is 12.3 Å². The molecular formula is C6H7ClN2O. The van der Waals surface area contributed by atoms with Crippen molar-refractivity contribution in [3.05, 3.63) is 23.0 Å². The van der Waals surface area contributed by atoms with Crippen molar-refractivity contribution >= 4 is 17.5 Å². The highest BCUT2D eigenvalue weighted by Crippen LogP contribution is 2.09. The first-order chi connectivity index (χ1) is 4.68. The van der Waals surface area contributed by atoms with Crippen LogP contribution < -0.4 is 5.73 Å². The van der Waals surface area contributed by atoms with E-state index in [-0.39, 0.29) is 12.3 Å². The number of primary amides is 1. The molecule has 1 aromatic heterocycles. The number of nitrogens with two attached hydrogens (primary N) is 1. The Morgan fingerprint density at radius 1 is 1.80 bits per heavy atom. The molecule has 0 saturated carbocycles. The van der Waals surface area contributed by atoms with Crippen molar-refractivity contribution in [2.24, 2.45) is 5.73 Å². The quantitative estimate of drug-likeness (QED) is 0.654. The lowest BCUT2D eigenvalue weighted by molar-refractivity contribution is -0.117. The van der Waals surface area contributed by atoms with E-state index in [0.717, 1.165) is 5.69 Å². The summed E-state index contributed by atoms with van der Waals surface area (Å²) in [7, 11) is 0. The summed E-state index contributed by atoms with van der Waals surface area (Å²) >= 11 is 5.56. The van der Waals surface area contributed by atoms with Crippen molar-refractivity contribution in [2.75, 3.05) is 0 Å². The summed E-state index contributed by atoms with van der Waals surface area (Å²) < 4.78 is 0. The Hall–Kier alpha value is -0.960. The molecule has 0 aromatic carbocycles. The topological polar surface area (TPSA) is 58.9 Å². The van der Waals surface area contributed by atoms with Gasteiger partial charge in [-0.05, 0) is 6.07 Å². The van der Waals surface area contributed by atoms with E-state index in [4.69, 9.17) is 17.3 Å². The maximum atomic E-state index is 10.3. The first kappa shape index (κ1) is 7.15. The normalized spacial score (nSPS) is 9.70. The van der Waals surface area contributed by atoms with Gasteiger partial charge in [0, 0.05) is 11.9 Å². The SMILES string of the molecule is NC(=O)Cc1cc(Cl)c[nH]1. The van der Waals surface area contributed by atoms with Gasteiger partial charge in [-0.1, -0.05) is 11.6 Å². The Kier molecular flexibility index (Phi) is 1.97. The molecule has 0 fully saturated rings. The highest BCUT2D eigenvalue weighted by atomic mass is 35.5. The van der Waals surface area contributed by atoms with Crippen LogP contribution in [-0.4, -0.2) is 10.9 Å². The fourth-order valence-electron chi connectivity index (χ4n) is 0.701. The number of hydrogen-bond donors (Lipinski definition) is 2. The molecule has 10 heavy (non-hydrogen) atoms. The highest BCUT2D eigenvalue weighted by molar-refractivity contribution is 6.30. The van der Waals surface area contributed by atoms with Gasteiger partial charge in [0.1, 0.15) is 0 Å². The van der Waals surface area contributed by atoms with Gasteiger partial charge in [0.05, 0.1) is 11.4 Å². The molecule has 1 rings (SSSR count). The number of H-pyrrole nitrogens is 1. The molecule has 0 radical (unpaired) electrons. The molecule has 0 aliphatic rings. The molecule has 3 nitrogen and oxygen atoms in total. The third kappa shape index (κ3) is 1.77. The summed E-state index contributed by atoms with van der Waals surface area (Å²) in [6.07, 6.45) is 1.83. The Labute approximate surface area is 63.2 Å². The second-order valence-corrected chi connectivity index (χ2v) is 2.42. The van der Waals surface area contributed by atoms with Crippen LogP contribution >= 0.6 is 11.6 Å². The van der Waals surface area contributed by atoms with Crippen LogP contribution in [0.2, 0.25) is 5.02 Å². The Morgan fingerprint density at radius 3 is 2.90 bits per heavy atom. The van der Waals surface area contributed by atoms with Crippen LogP contribution in [0.3, 0.4) is 0 Å². The average Bonchev–Trinajstić information content (AvgIpc) is 2.13. The number of halogens is 1. The van der Waals surface area contributed by atoms with E-state index >= 15 is 0 Å². The smallest absolute Gasteiger partial charge is 0.223 e. The Bertz CT molecular complexity index is 244. The Balaban J connectivity index is 2.67. The molecular weight excluding hydrogens is 152 g/mol. The minimum atomic E-state index is -0.362. The van der Waals surface area contributed by atoms with Crippen molar-refractivity contribution in [1.29, 1.82) is 0 Å². The van der Waals surface area contributed by atoms with Crippen LogP contribution in [0.15, 0.2) is 12.3 Å². The average molecular weight is 159 g/mol. The number of amides is 1. The van der Waals surface area contributed by atoms with Crippen LogP contribution in [0.4, 0.5) is 0 Å². The van der Waals surface area contributed by atoms with Crippen LogP contribution in [0.1, 0.15) is 5.69 Å². The first-order valence-electron chi connectivity index (χ1n) is 2.79. The van der Waals surface area contributed by atoms with Crippen molar-refractivity contribution < 1.29 is 4.79 Å². The Morgan fingerprint density at radius 2 is 2.50 bits per heavy atom. The lowest BCUT2D eigenvalue weighted by Gasteiger charge is -1.88. The van der Waals surface area contributed by atoms with Gasteiger partial charge in [-0.25, -0.2) is 0 Å². The number of nitrogens with one attached hydrogen (secondary N) is 1. The molecule has 0 spiro atoms. The van der Waals surface area contributed by atoms with E-state index in [9.17, 15) is 4.79 Å². The van der Waals surface area contributed by atoms with Gasteiger partial charge in [0.15, 0.2) is 0 Å². The zero-order valence-corrected chi connectivity index (χ0v) is 5.98. The molecule has 0 unspecified atom stereocenters. The highest BCUT2D eigenvalue weighted by Gasteiger charge is 1.99. The van der Waals surface area contributed by atoms with E-state index in [2.05, 4.69) is 4.98 Å². The predicted octanol–water partition coefficient (Wildman–Crippen LogP) is 0.696. The second kappa shape index (κ2) is 2.75. The fourth-order valence-corrected chi connectivity index (χ4v) is 0.887. The fraction of sp³-hybridized carbons (Fsp3) is 0.167. The molecule has 4 heteroatoms. The minimum absolute atomic E-state index is 0.215. The summed E-state index contributed by atoms with van der Waals surface area (Å²) in [5, 5.41) is 0.594. The monoisotopic (exact) mass is 158 g/mol. The number of carbonyl (C=O) groups is 1.